The van der Waals surface area contributed by atoms with E-state index in [0.717, 1.165) is 6.42 Å². The zero-order valence-corrected chi connectivity index (χ0v) is 14.7. The number of phosphoric ester groups is 1. The Morgan fingerprint density at radius 2 is 1.95 bits per heavy atom. The molecule has 0 aliphatic heterocycles. The Kier molecular flexibility index (Phi) is 12.5. The van der Waals surface area contributed by atoms with Crippen LogP contribution in [0.25, 0.3) is 0 Å². The number of carbonyl (C=O) groups is 1. The van der Waals surface area contributed by atoms with Crippen molar-refractivity contribution in [2.24, 2.45) is 0 Å². The summed E-state index contributed by atoms with van der Waals surface area (Å²) in [7, 11) is -4.46. The Morgan fingerprint density at radius 1 is 1.37 bits per heavy atom. The van der Waals surface area contributed by atoms with Crippen molar-refractivity contribution >= 4 is 43.3 Å². The zero-order chi connectivity index (χ0) is 14.2. The third-order valence-corrected chi connectivity index (χ3v) is 2.72. The Labute approximate surface area is 136 Å². The smallest absolute Gasteiger partial charge is 0.462 e. The summed E-state index contributed by atoms with van der Waals surface area (Å²) in [4.78, 5) is 28.5. The van der Waals surface area contributed by atoms with E-state index in [4.69, 9.17) is 14.5 Å². The molecule has 0 aliphatic carbocycles. The van der Waals surface area contributed by atoms with Gasteiger partial charge in [0.15, 0.2) is 0 Å². The Bertz CT molecular complexity index is 327. The number of phosphoric acid groups is 1. The molecular weight excluding hydrogens is 282 g/mol. The summed E-state index contributed by atoms with van der Waals surface area (Å²) in [6, 6.07) is 0. The van der Waals surface area contributed by atoms with Crippen molar-refractivity contribution in [1.82, 2.24) is 0 Å². The average molecular weight is 303 g/mol. The zero-order valence-electron chi connectivity index (χ0n) is 11.8. The number of hydrogen-bond donors (Lipinski definition) is 2. The molecular formula is C11H21NaO6P. The molecule has 0 aliphatic rings. The summed E-state index contributed by atoms with van der Waals surface area (Å²) in [5, 5.41) is 0. The van der Waals surface area contributed by atoms with Crippen LogP contribution in [0.4, 0.5) is 0 Å². The molecule has 0 aromatic carbocycles. The third-order valence-electron chi connectivity index (χ3n) is 2.15. The summed E-state index contributed by atoms with van der Waals surface area (Å²) < 4.78 is 20.2. The summed E-state index contributed by atoms with van der Waals surface area (Å²) >= 11 is 0. The van der Waals surface area contributed by atoms with E-state index >= 15 is 0 Å². The minimum absolute atomic E-state index is 0. The van der Waals surface area contributed by atoms with E-state index in [-0.39, 0.29) is 36.2 Å². The number of hydrogen-bond acceptors (Lipinski definition) is 4. The van der Waals surface area contributed by atoms with Gasteiger partial charge < -0.3 is 14.5 Å². The van der Waals surface area contributed by atoms with Crippen molar-refractivity contribution in [3.05, 3.63) is 12.2 Å². The molecule has 0 amide bonds. The summed E-state index contributed by atoms with van der Waals surface area (Å²) in [5.41, 5.74) is 0.326. The maximum atomic E-state index is 11.1. The van der Waals surface area contributed by atoms with E-state index in [1.165, 1.54) is 0 Å². The number of esters is 1. The van der Waals surface area contributed by atoms with Crippen LogP contribution in [0.2, 0.25) is 0 Å². The van der Waals surface area contributed by atoms with Gasteiger partial charge in [0.25, 0.3) is 0 Å². The van der Waals surface area contributed by atoms with Crippen LogP contribution < -0.4 is 0 Å². The van der Waals surface area contributed by atoms with E-state index in [1.54, 1.807) is 6.92 Å². The molecule has 1 unspecified atom stereocenters. The molecule has 2 N–H and O–H groups in total. The molecule has 1 atom stereocenters. The van der Waals surface area contributed by atoms with Gasteiger partial charge in [-0.15, -0.1) is 0 Å². The fraction of sp³-hybridized carbons (Fsp3) is 0.727. The van der Waals surface area contributed by atoms with Gasteiger partial charge in [-0.25, -0.2) is 9.36 Å². The fourth-order valence-electron chi connectivity index (χ4n) is 1.36. The standard InChI is InChI=1S/C11H21O6P.Na/c1-4-6-10(17-18(13,14)15)7-5-8-16-11(12)9(2)3;/h10H,2,4-8H2,1,3H3,(H2,13,14,15);. The van der Waals surface area contributed by atoms with Crippen LogP contribution >= 0.6 is 7.82 Å². The van der Waals surface area contributed by atoms with Gasteiger partial charge in [0, 0.05) is 35.1 Å². The monoisotopic (exact) mass is 303 g/mol. The SMILES string of the molecule is C=C(C)C(=O)OCCCC(CCC)OP(=O)(O)O.[Na]. The van der Waals surface area contributed by atoms with Crippen molar-refractivity contribution in [2.75, 3.05) is 6.61 Å². The van der Waals surface area contributed by atoms with Crippen molar-refractivity contribution < 1.29 is 28.4 Å². The number of rotatable bonds is 9. The molecule has 0 saturated carbocycles. The Hall–Kier alpha value is 0.320. The fourth-order valence-corrected chi connectivity index (χ4v) is 1.96. The van der Waals surface area contributed by atoms with Gasteiger partial charge in [-0.05, 0) is 26.2 Å². The van der Waals surface area contributed by atoms with Gasteiger partial charge >= 0.3 is 13.8 Å². The van der Waals surface area contributed by atoms with E-state index < -0.39 is 19.9 Å². The van der Waals surface area contributed by atoms with E-state index in [0.29, 0.717) is 24.8 Å². The summed E-state index contributed by atoms with van der Waals surface area (Å²) in [6.07, 6.45) is 1.72. The van der Waals surface area contributed by atoms with Crippen LogP contribution in [0.5, 0.6) is 0 Å². The summed E-state index contributed by atoms with van der Waals surface area (Å²) in [6.45, 7) is 7.09. The number of carbonyl (C=O) groups excluding carboxylic acids is 1. The predicted molar refractivity (Wildman–Crippen MR) is 72.6 cm³/mol. The van der Waals surface area contributed by atoms with Crippen LogP contribution in [-0.4, -0.2) is 58.0 Å². The normalized spacial score (nSPS) is 12.4. The minimum Gasteiger partial charge on any atom is -0.462 e. The van der Waals surface area contributed by atoms with Crippen LogP contribution in [0.15, 0.2) is 12.2 Å². The molecule has 8 heteroatoms. The predicted octanol–water partition coefficient (Wildman–Crippen LogP) is 1.78. The minimum atomic E-state index is -4.46. The van der Waals surface area contributed by atoms with Gasteiger partial charge in [-0.1, -0.05) is 19.9 Å². The van der Waals surface area contributed by atoms with Crippen molar-refractivity contribution in [2.45, 2.75) is 45.6 Å². The maximum Gasteiger partial charge on any atom is 0.469 e. The van der Waals surface area contributed by atoms with Crippen LogP contribution in [0.1, 0.15) is 39.5 Å². The van der Waals surface area contributed by atoms with E-state index in [1.807, 2.05) is 6.92 Å². The maximum absolute atomic E-state index is 11.1. The second kappa shape index (κ2) is 11.0. The van der Waals surface area contributed by atoms with Gasteiger partial charge in [-0.3, -0.25) is 4.52 Å². The molecule has 107 valence electrons. The molecule has 0 bridgehead atoms. The molecule has 6 nitrogen and oxygen atoms in total. The second-order valence-corrected chi connectivity index (χ2v) is 5.26. The molecule has 19 heavy (non-hydrogen) atoms. The first kappa shape index (κ1) is 21.6. The van der Waals surface area contributed by atoms with Gasteiger partial charge in [0.05, 0.1) is 12.7 Å². The molecule has 0 rings (SSSR count). The number of ether oxygens (including phenoxy) is 1. The van der Waals surface area contributed by atoms with Crippen molar-refractivity contribution in [3.63, 3.8) is 0 Å². The Balaban J connectivity index is 0. The average Bonchev–Trinajstić information content (AvgIpc) is 2.21. The van der Waals surface area contributed by atoms with E-state index in [2.05, 4.69) is 11.1 Å². The first-order valence-electron chi connectivity index (χ1n) is 5.82. The van der Waals surface area contributed by atoms with Crippen LogP contribution in [0.3, 0.4) is 0 Å². The summed E-state index contributed by atoms with van der Waals surface area (Å²) in [5.74, 6) is -0.460. The first-order chi connectivity index (χ1) is 8.26. The van der Waals surface area contributed by atoms with Crippen molar-refractivity contribution in [1.29, 1.82) is 0 Å². The largest absolute Gasteiger partial charge is 0.469 e. The van der Waals surface area contributed by atoms with Crippen LogP contribution in [0, 0.1) is 0 Å². The second-order valence-electron chi connectivity index (χ2n) is 4.07. The molecule has 0 saturated heterocycles. The Morgan fingerprint density at radius 3 is 2.37 bits per heavy atom. The van der Waals surface area contributed by atoms with Gasteiger partial charge in [0.1, 0.15) is 0 Å². The third kappa shape index (κ3) is 13.1. The van der Waals surface area contributed by atoms with Crippen LogP contribution in [-0.2, 0) is 18.6 Å². The molecule has 0 fully saturated rings. The van der Waals surface area contributed by atoms with E-state index in [9.17, 15) is 9.36 Å². The topological polar surface area (TPSA) is 93.1 Å². The molecule has 0 aromatic heterocycles. The molecule has 0 heterocycles. The molecule has 0 spiro atoms. The van der Waals surface area contributed by atoms with Gasteiger partial charge in [-0.2, -0.15) is 0 Å². The van der Waals surface area contributed by atoms with Gasteiger partial charge in [0.2, 0.25) is 0 Å². The molecule has 1 radical (unpaired) electrons. The quantitative estimate of drug-likeness (QED) is 0.222. The first-order valence-corrected chi connectivity index (χ1v) is 7.36. The molecule has 0 aromatic rings. The van der Waals surface area contributed by atoms with Crippen molar-refractivity contribution in [3.8, 4) is 0 Å².